The molecule has 5 aromatic rings. The molecule has 9 heteroatoms. The van der Waals surface area contributed by atoms with E-state index in [1.165, 1.54) is 9.96 Å². The fourth-order valence-corrected chi connectivity index (χ4v) is 3.90. The van der Waals surface area contributed by atoms with E-state index in [0.29, 0.717) is 17.0 Å². The number of benzene rings is 2. The average Bonchev–Trinajstić information content (AvgIpc) is 3.49. The van der Waals surface area contributed by atoms with Crippen LogP contribution in [0.4, 0.5) is 0 Å². The van der Waals surface area contributed by atoms with E-state index >= 15 is 0 Å². The van der Waals surface area contributed by atoms with E-state index in [1.54, 1.807) is 18.3 Å². The molecule has 0 saturated carbocycles. The molecule has 0 fully saturated rings. The maximum atomic E-state index is 12.9. The second-order valence-electron chi connectivity index (χ2n) is 8.34. The van der Waals surface area contributed by atoms with Crippen molar-refractivity contribution < 1.29 is 9.32 Å². The molecule has 0 radical (unpaired) electrons. The first-order valence-electron chi connectivity index (χ1n) is 11.4. The monoisotopic (exact) mass is 468 g/mol. The number of aromatic nitrogens is 5. The predicted molar refractivity (Wildman–Crippen MR) is 131 cm³/mol. The van der Waals surface area contributed by atoms with Crippen LogP contribution in [-0.4, -0.2) is 36.3 Å². The number of fused-ring (bicyclic) bond motifs is 1. The molecule has 1 amide bonds. The Hall–Kier alpha value is -4.53. The number of amides is 1. The maximum absolute atomic E-state index is 12.9. The molecule has 3 aromatic heterocycles. The average molecular weight is 469 g/mol. The SMILES string of the molecule is C[C@H](CCc1ccccc1)NC(=O)Cn1nc2c(-c3nc(-c4ccccc4)no3)cccn2c1=O. The van der Waals surface area contributed by atoms with Gasteiger partial charge in [-0.15, -0.1) is 5.10 Å². The van der Waals surface area contributed by atoms with E-state index in [2.05, 4.69) is 32.7 Å². The number of hydrogen-bond acceptors (Lipinski definition) is 6. The number of aryl methyl sites for hydroxylation is 1. The highest BCUT2D eigenvalue weighted by molar-refractivity contribution is 5.76. The van der Waals surface area contributed by atoms with Crippen LogP contribution in [0.15, 0.2) is 88.3 Å². The zero-order valence-corrected chi connectivity index (χ0v) is 19.2. The van der Waals surface area contributed by atoms with Crippen LogP contribution in [0.2, 0.25) is 0 Å². The standard InChI is InChI=1S/C26H24N6O3/c1-18(14-15-19-9-4-2-5-10-19)27-22(33)17-32-26(34)31-16-8-13-21(24(31)29-32)25-28-23(30-35-25)20-11-6-3-7-12-20/h2-13,16,18H,14-15,17H2,1H3,(H,27,33)/t18-/m1/s1. The lowest BCUT2D eigenvalue weighted by Gasteiger charge is -2.13. The summed E-state index contributed by atoms with van der Waals surface area (Å²) in [4.78, 5) is 30.0. The molecular formula is C26H24N6O3. The van der Waals surface area contributed by atoms with Crippen molar-refractivity contribution in [2.24, 2.45) is 0 Å². The topological polar surface area (TPSA) is 107 Å². The molecule has 9 nitrogen and oxygen atoms in total. The van der Waals surface area contributed by atoms with Crippen LogP contribution < -0.4 is 11.0 Å². The first-order chi connectivity index (χ1) is 17.1. The van der Waals surface area contributed by atoms with Gasteiger partial charge in [-0.25, -0.2) is 13.9 Å². The summed E-state index contributed by atoms with van der Waals surface area (Å²) in [7, 11) is 0. The molecule has 1 N–H and O–H groups in total. The molecule has 1 atom stereocenters. The normalized spacial score (nSPS) is 12.0. The van der Waals surface area contributed by atoms with Gasteiger partial charge in [0.15, 0.2) is 5.65 Å². The van der Waals surface area contributed by atoms with Crippen molar-refractivity contribution in [2.45, 2.75) is 32.4 Å². The van der Waals surface area contributed by atoms with Gasteiger partial charge in [-0.2, -0.15) is 4.98 Å². The molecule has 0 bridgehead atoms. The third kappa shape index (κ3) is 4.89. The molecule has 0 unspecified atom stereocenters. The van der Waals surface area contributed by atoms with Gasteiger partial charge in [0.1, 0.15) is 6.54 Å². The van der Waals surface area contributed by atoms with Crippen molar-refractivity contribution in [3.63, 3.8) is 0 Å². The van der Waals surface area contributed by atoms with Gasteiger partial charge in [-0.3, -0.25) is 4.79 Å². The number of nitrogens with zero attached hydrogens (tertiary/aromatic N) is 5. The van der Waals surface area contributed by atoms with E-state index in [9.17, 15) is 9.59 Å². The zero-order valence-electron chi connectivity index (χ0n) is 19.2. The van der Waals surface area contributed by atoms with E-state index in [-0.39, 0.29) is 24.4 Å². The lowest BCUT2D eigenvalue weighted by Crippen LogP contribution is -2.37. The van der Waals surface area contributed by atoms with Crippen LogP contribution in [0, 0.1) is 0 Å². The van der Waals surface area contributed by atoms with Gasteiger partial charge in [-0.1, -0.05) is 65.8 Å². The summed E-state index contributed by atoms with van der Waals surface area (Å²) in [6, 6.07) is 23.0. The number of carbonyl (C=O) groups excluding carboxylic acids is 1. The summed E-state index contributed by atoms with van der Waals surface area (Å²) >= 11 is 0. The Bertz CT molecular complexity index is 1500. The number of carbonyl (C=O) groups is 1. The maximum Gasteiger partial charge on any atom is 0.350 e. The molecule has 0 aliphatic heterocycles. The third-order valence-electron chi connectivity index (χ3n) is 5.71. The molecule has 0 aliphatic carbocycles. The van der Waals surface area contributed by atoms with E-state index < -0.39 is 5.69 Å². The Morgan fingerprint density at radius 2 is 1.77 bits per heavy atom. The molecule has 5 rings (SSSR count). The minimum absolute atomic E-state index is 0.0409. The molecule has 2 aromatic carbocycles. The zero-order chi connectivity index (χ0) is 24.2. The van der Waals surface area contributed by atoms with Crippen molar-refractivity contribution in [3.05, 3.63) is 95.0 Å². The minimum Gasteiger partial charge on any atom is -0.352 e. The molecule has 0 saturated heterocycles. The Morgan fingerprint density at radius 1 is 1.03 bits per heavy atom. The van der Waals surface area contributed by atoms with Gasteiger partial charge >= 0.3 is 5.69 Å². The molecular weight excluding hydrogens is 444 g/mol. The smallest absolute Gasteiger partial charge is 0.350 e. The largest absolute Gasteiger partial charge is 0.352 e. The third-order valence-corrected chi connectivity index (χ3v) is 5.71. The summed E-state index contributed by atoms with van der Waals surface area (Å²) in [6.07, 6.45) is 3.25. The first-order valence-corrected chi connectivity index (χ1v) is 11.4. The predicted octanol–water partition coefficient (Wildman–Crippen LogP) is 3.35. The highest BCUT2D eigenvalue weighted by Crippen LogP contribution is 2.24. The van der Waals surface area contributed by atoms with E-state index in [1.807, 2.05) is 55.5 Å². The number of pyridine rings is 1. The summed E-state index contributed by atoms with van der Waals surface area (Å²) in [5.74, 6) is 0.403. The summed E-state index contributed by atoms with van der Waals surface area (Å²) < 4.78 is 7.97. The summed E-state index contributed by atoms with van der Waals surface area (Å²) in [5.41, 5.74) is 2.46. The summed E-state index contributed by atoms with van der Waals surface area (Å²) in [6.45, 7) is 1.76. The van der Waals surface area contributed by atoms with Gasteiger partial charge in [0.05, 0.1) is 5.56 Å². The Kier molecular flexibility index (Phi) is 6.21. The van der Waals surface area contributed by atoms with Crippen LogP contribution in [0.5, 0.6) is 0 Å². The van der Waals surface area contributed by atoms with Crippen LogP contribution >= 0.6 is 0 Å². The van der Waals surface area contributed by atoms with E-state index in [4.69, 9.17) is 4.52 Å². The number of rotatable bonds is 8. The Morgan fingerprint density at radius 3 is 2.54 bits per heavy atom. The Labute approximate surface area is 201 Å². The van der Waals surface area contributed by atoms with Crippen molar-refractivity contribution >= 4 is 11.6 Å². The highest BCUT2D eigenvalue weighted by Gasteiger charge is 2.19. The highest BCUT2D eigenvalue weighted by atomic mass is 16.5. The first kappa shape index (κ1) is 22.3. The van der Waals surface area contributed by atoms with Gasteiger partial charge in [-0.05, 0) is 37.5 Å². The lowest BCUT2D eigenvalue weighted by molar-refractivity contribution is -0.122. The van der Waals surface area contributed by atoms with Gasteiger partial charge in [0.25, 0.3) is 5.89 Å². The van der Waals surface area contributed by atoms with Crippen molar-refractivity contribution in [1.29, 1.82) is 0 Å². The molecule has 0 aliphatic rings. The molecule has 0 spiro atoms. The van der Waals surface area contributed by atoms with Crippen molar-refractivity contribution in [2.75, 3.05) is 0 Å². The fraction of sp³-hybridized carbons (Fsp3) is 0.192. The van der Waals surface area contributed by atoms with Crippen LogP contribution in [0.1, 0.15) is 18.9 Å². The number of hydrogen-bond donors (Lipinski definition) is 1. The van der Waals surface area contributed by atoms with Crippen molar-refractivity contribution in [3.8, 4) is 22.8 Å². The Balaban J connectivity index is 1.32. The molecule has 35 heavy (non-hydrogen) atoms. The minimum atomic E-state index is -0.420. The lowest BCUT2D eigenvalue weighted by atomic mass is 10.1. The van der Waals surface area contributed by atoms with Crippen LogP contribution in [0.3, 0.4) is 0 Å². The second-order valence-corrected chi connectivity index (χ2v) is 8.34. The molecule has 176 valence electrons. The van der Waals surface area contributed by atoms with Gasteiger partial charge in [0, 0.05) is 17.8 Å². The van der Waals surface area contributed by atoms with Gasteiger partial charge < -0.3 is 9.84 Å². The van der Waals surface area contributed by atoms with Gasteiger partial charge in [0.2, 0.25) is 11.7 Å². The quantitative estimate of drug-likeness (QED) is 0.374. The summed E-state index contributed by atoms with van der Waals surface area (Å²) in [5, 5.41) is 11.4. The molecule has 3 heterocycles. The second kappa shape index (κ2) is 9.76. The van der Waals surface area contributed by atoms with Crippen LogP contribution in [-0.2, 0) is 17.8 Å². The fourth-order valence-electron chi connectivity index (χ4n) is 3.90. The van der Waals surface area contributed by atoms with Crippen molar-refractivity contribution in [1.82, 2.24) is 29.6 Å². The van der Waals surface area contributed by atoms with Crippen LogP contribution in [0.25, 0.3) is 28.5 Å². The van der Waals surface area contributed by atoms with E-state index in [0.717, 1.165) is 23.1 Å². The number of nitrogens with one attached hydrogen (secondary N) is 1.